The van der Waals surface area contributed by atoms with Crippen LogP contribution in [-0.4, -0.2) is 66.1 Å². The molecule has 2 saturated carbocycles. The maximum absolute atomic E-state index is 12.8. The van der Waals surface area contributed by atoms with Crippen LogP contribution in [0.4, 0.5) is 5.82 Å². The summed E-state index contributed by atoms with van der Waals surface area (Å²) in [5.41, 5.74) is 7.14. The van der Waals surface area contributed by atoms with Crippen molar-refractivity contribution in [2.24, 2.45) is 10.7 Å². The van der Waals surface area contributed by atoms with E-state index in [-0.39, 0.29) is 17.8 Å². The number of hydrogen-bond acceptors (Lipinski definition) is 5. The van der Waals surface area contributed by atoms with Crippen molar-refractivity contribution in [3.05, 3.63) is 23.4 Å². The van der Waals surface area contributed by atoms with Crippen LogP contribution in [0.25, 0.3) is 0 Å². The van der Waals surface area contributed by atoms with Crippen molar-refractivity contribution in [2.45, 2.75) is 95.9 Å². The lowest BCUT2D eigenvalue weighted by Crippen LogP contribution is -2.59. The van der Waals surface area contributed by atoms with Crippen LogP contribution in [0.1, 0.15) is 80.6 Å². The van der Waals surface area contributed by atoms with Gasteiger partial charge in [0.2, 0.25) is 0 Å². The van der Waals surface area contributed by atoms with Crippen LogP contribution in [0, 0.1) is 6.92 Å². The summed E-state index contributed by atoms with van der Waals surface area (Å²) in [5.74, 6) is 0.630. The van der Waals surface area contributed by atoms with E-state index in [1.165, 1.54) is 51.4 Å². The number of methoxy groups -OCH3 is 1. The number of anilines is 1. The zero-order valence-electron chi connectivity index (χ0n) is 19.9. The molecule has 2 heterocycles. The van der Waals surface area contributed by atoms with Crippen molar-refractivity contribution in [2.75, 3.05) is 25.1 Å². The van der Waals surface area contributed by atoms with Crippen LogP contribution in [0.3, 0.4) is 0 Å². The van der Waals surface area contributed by atoms with Gasteiger partial charge in [-0.25, -0.2) is 4.98 Å². The number of carbonyl (C=O) groups excluding carboxylic acids is 1. The molecule has 1 aliphatic heterocycles. The van der Waals surface area contributed by atoms with E-state index < -0.39 is 0 Å². The number of hydrogen-bond donors (Lipinski definition) is 1. The molecule has 32 heavy (non-hydrogen) atoms. The van der Waals surface area contributed by atoms with Gasteiger partial charge < -0.3 is 15.4 Å². The van der Waals surface area contributed by atoms with Crippen LogP contribution in [0.15, 0.2) is 17.3 Å². The van der Waals surface area contributed by atoms with E-state index in [4.69, 9.17) is 10.5 Å². The highest BCUT2D eigenvalue weighted by Crippen LogP contribution is 2.37. The minimum Gasteiger partial charge on any atom is -0.387 e. The van der Waals surface area contributed by atoms with Crippen molar-refractivity contribution >= 4 is 17.6 Å². The number of nitrogens with two attached hydrogens (primary N) is 1. The van der Waals surface area contributed by atoms with Crippen LogP contribution < -0.4 is 10.6 Å². The second-order valence-corrected chi connectivity index (χ2v) is 9.84. The number of aromatic nitrogens is 1. The summed E-state index contributed by atoms with van der Waals surface area (Å²) in [7, 11) is 1.83. The first kappa shape index (κ1) is 23.2. The molecule has 2 N–H and O–H groups in total. The molecule has 1 aromatic heterocycles. The van der Waals surface area contributed by atoms with Crippen molar-refractivity contribution in [1.82, 2.24) is 9.88 Å². The maximum atomic E-state index is 12.8. The predicted molar refractivity (Wildman–Crippen MR) is 128 cm³/mol. The zero-order valence-corrected chi connectivity index (χ0v) is 19.9. The summed E-state index contributed by atoms with van der Waals surface area (Å²) in [5, 5.41) is 0. The van der Waals surface area contributed by atoms with Crippen molar-refractivity contribution in [1.29, 1.82) is 0 Å². The van der Waals surface area contributed by atoms with E-state index in [1.54, 1.807) is 6.92 Å². The minimum atomic E-state index is -0.328. The fourth-order valence-corrected chi connectivity index (χ4v) is 6.11. The average Bonchev–Trinajstić information content (AvgIpc) is 3.49. The van der Waals surface area contributed by atoms with Crippen molar-refractivity contribution in [3.8, 4) is 0 Å². The van der Waals surface area contributed by atoms with E-state index in [0.29, 0.717) is 29.5 Å². The number of carbonyl (C=O) groups is 1. The smallest absolute Gasteiger partial charge is 0.282 e. The lowest BCUT2D eigenvalue weighted by molar-refractivity contribution is -0.0320. The Kier molecular flexibility index (Phi) is 7.46. The summed E-state index contributed by atoms with van der Waals surface area (Å²) < 4.78 is 6.10. The summed E-state index contributed by atoms with van der Waals surface area (Å²) in [6, 6.07) is 3.69. The maximum Gasteiger partial charge on any atom is 0.282 e. The van der Waals surface area contributed by atoms with E-state index in [0.717, 1.165) is 25.1 Å². The Labute approximate surface area is 192 Å². The second kappa shape index (κ2) is 10.3. The molecule has 1 amide bonds. The first-order chi connectivity index (χ1) is 15.5. The fraction of sp³-hybridized carbons (Fsp3) is 0.720. The Bertz CT molecular complexity index is 810. The van der Waals surface area contributed by atoms with Gasteiger partial charge >= 0.3 is 0 Å². The Morgan fingerprint density at radius 2 is 1.78 bits per heavy atom. The van der Waals surface area contributed by atoms with Crippen LogP contribution in [-0.2, 0) is 4.74 Å². The van der Waals surface area contributed by atoms with Crippen LogP contribution >= 0.6 is 0 Å². The lowest BCUT2D eigenvalue weighted by atomic mass is 9.94. The van der Waals surface area contributed by atoms with Gasteiger partial charge in [0.15, 0.2) is 0 Å². The van der Waals surface area contributed by atoms with Gasteiger partial charge in [-0.15, -0.1) is 0 Å². The van der Waals surface area contributed by atoms with E-state index in [2.05, 4.69) is 19.8 Å². The van der Waals surface area contributed by atoms with Gasteiger partial charge in [0, 0.05) is 44.5 Å². The molecule has 0 bridgehead atoms. The number of amides is 1. The molecular weight excluding hydrogens is 402 g/mol. The summed E-state index contributed by atoms with van der Waals surface area (Å²) >= 11 is 0. The highest BCUT2D eigenvalue weighted by Gasteiger charge is 2.42. The van der Waals surface area contributed by atoms with Gasteiger partial charge in [-0.2, -0.15) is 4.99 Å². The normalized spacial score (nSPS) is 25.8. The van der Waals surface area contributed by atoms with Gasteiger partial charge in [-0.1, -0.05) is 25.7 Å². The Morgan fingerprint density at radius 3 is 2.34 bits per heavy atom. The lowest BCUT2D eigenvalue weighted by Gasteiger charge is -2.48. The highest BCUT2D eigenvalue weighted by atomic mass is 16.5. The second-order valence-electron chi connectivity index (χ2n) is 9.84. The standard InChI is InChI=1S/C25H39N5O2/c1-17-14-21(25(31)28-18(2)26)24(27-15-17)29-13-12-22(23(16-29)32-3)30(19-8-4-5-9-19)20-10-6-7-11-20/h14-15,19-20,22-23H,4-13,16H2,1-3H3,(H2,26,28,31)/t22-,23+/m1/s1. The number of piperidine rings is 1. The number of aryl methyl sites for hydroxylation is 1. The van der Waals surface area contributed by atoms with Gasteiger partial charge in [-0.3, -0.25) is 9.69 Å². The Balaban J connectivity index is 1.57. The molecule has 7 heteroatoms. The number of ether oxygens (including phenoxy) is 1. The molecule has 0 spiro atoms. The van der Waals surface area contributed by atoms with Crippen molar-refractivity contribution < 1.29 is 9.53 Å². The molecule has 3 fully saturated rings. The van der Waals surface area contributed by atoms with Crippen LogP contribution in [0.2, 0.25) is 0 Å². The molecule has 1 saturated heterocycles. The van der Waals surface area contributed by atoms with Gasteiger partial charge in [0.05, 0.1) is 11.7 Å². The van der Waals surface area contributed by atoms with E-state index >= 15 is 0 Å². The Morgan fingerprint density at radius 1 is 1.16 bits per heavy atom. The molecule has 4 rings (SSSR count). The third-order valence-corrected chi connectivity index (χ3v) is 7.51. The largest absolute Gasteiger partial charge is 0.387 e. The SMILES string of the molecule is CO[C@H]1CN(c2ncc(C)cc2C(=O)N=C(C)N)CC[C@H]1N(C1CCCC1)C1CCCC1. The predicted octanol–water partition coefficient (Wildman–Crippen LogP) is 3.69. The minimum absolute atomic E-state index is 0.0933. The number of nitrogens with zero attached hydrogens (tertiary/aromatic N) is 4. The molecule has 0 aromatic carbocycles. The molecule has 3 aliphatic rings. The summed E-state index contributed by atoms with van der Waals surface area (Å²) in [6.07, 6.45) is 13.6. The molecule has 2 aliphatic carbocycles. The summed E-state index contributed by atoms with van der Waals surface area (Å²) in [4.78, 5) is 26.5. The third-order valence-electron chi connectivity index (χ3n) is 7.51. The summed E-state index contributed by atoms with van der Waals surface area (Å²) in [6.45, 7) is 5.17. The van der Waals surface area contributed by atoms with Crippen LogP contribution in [0.5, 0.6) is 0 Å². The first-order valence-electron chi connectivity index (χ1n) is 12.3. The van der Waals surface area contributed by atoms with Gasteiger partial charge in [-0.05, 0) is 57.6 Å². The van der Waals surface area contributed by atoms with Gasteiger partial charge in [0.25, 0.3) is 5.91 Å². The molecule has 7 nitrogen and oxygen atoms in total. The first-order valence-corrected chi connectivity index (χ1v) is 12.3. The fourth-order valence-electron chi connectivity index (χ4n) is 6.11. The quantitative estimate of drug-likeness (QED) is 0.535. The number of pyridine rings is 1. The van der Waals surface area contributed by atoms with Gasteiger partial charge in [0.1, 0.15) is 11.7 Å². The number of aliphatic imine (C=N–C) groups is 1. The highest BCUT2D eigenvalue weighted by molar-refractivity contribution is 6.05. The monoisotopic (exact) mass is 441 g/mol. The third kappa shape index (κ3) is 4.99. The number of rotatable bonds is 6. The molecular formula is C25H39N5O2. The van der Waals surface area contributed by atoms with E-state index in [1.807, 2.05) is 26.3 Å². The molecule has 2 atom stereocenters. The Hall–Kier alpha value is -1.99. The zero-order chi connectivity index (χ0) is 22.7. The number of amidine groups is 1. The topological polar surface area (TPSA) is 84.0 Å². The average molecular weight is 442 g/mol. The van der Waals surface area contributed by atoms with E-state index in [9.17, 15) is 4.79 Å². The molecule has 0 radical (unpaired) electrons. The molecule has 1 aromatic rings. The van der Waals surface area contributed by atoms with Crippen molar-refractivity contribution in [3.63, 3.8) is 0 Å². The molecule has 176 valence electrons. The molecule has 0 unspecified atom stereocenters.